The van der Waals surface area contributed by atoms with Crippen molar-refractivity contribution >= 4 is 17.6 Å². The summed E-state index contributed by atoms with van der Waals surface area (Å²) in [4.78, 5) is 30.3. The fraction of sp³-hybridized carbons (Fsp3) is 0.333. The van der Waals surface area contributed by atoms with E-state index < -0.39 is 17.9 Å². The number of hydrogen-bond donors (Lipinski definition) is 1. The average molecular weight is 487 g/mol. The van der Waals surface area contributed by atoms with Gasteiger partial charge in [0.25, 0.3) is 0 Å². The summed E-state index contributed by atoms with van der Waals surface area (Å²) >= 11 is 0. The number of aryl methyl sites for hydroxylation is 1. The van der Waals surface area contributed by atoms with Crippen molar-refractivity contribution < 1.29 is 19.1 Å². The summed E-state index contributed by atoms with van der Waals surface area (Å²) in [6.45, 7) is 1.17. The van der Waals surface area contributed by atoms with Gasteiger partial charge in [-0.1, -0.05) is 60.7 Å². The number of nitrogens with zero attached hydrogens (tertiary/aromatic N) is 2. The Hall–Kier alpha value is -3.67. The van der Waals surface area contributed by atoms with Gasteiger partial charge in [0.2, 0.25) is 5.91 Å². The highest BCUT2D eigenvalue weighted by atomic mass is 19.1. The molecule has 1 N–H and O–H groups in total. The summed E-state index contributed by atoms with van der Waals surface area (Å²) in [6, 6.07) is 23.1. The van der Waals surface area contributed by atoms with Gasteiger partial charge in [-0.05, 0) is 67.0 Å². The van der Waals surface area contributed by atoms with Gasteiger partial charge in [0, 0.05) is 24.8 Å². The van der Waals surface area contributed by atoms with Crippen LogP contribution >= 0.6 is 0 Å². The van der Waals surface area contributed by atoms with Crippen molar-refractivity contribution in [1.82, 2.24) is 4.90 Å². The first-order valence-corrected chi connectivity index (χ1v) is 12.7. The highest BCUT2D eigenvalue weighted by Gasteiger charge is 2.41. The van der Waals surface area contributed by atoms with Crippen LogP contribution < -0.4 is 4.90 Å². The first-order chi connectivity index (χ1) is 17.5. The molecule has 2 atom stereocenters. The third-order valence-corrected chi connectivity index (χ3v) is 7.54. The van der Waals surface area contributed by atoms with Crippen molar-refractivity contribution in [2.24, 2.45) is 0 Å². The van der Waals surface area contributed by atoms with Gasteiger partial charge in [-0.3, -0.25) is 4.79 Å². The van der Waals surface area contributed by atoms with Gasteiger partial charge < -0.3 is 14.9 Å². The number of likely N-dealkylation sites (tertiary alicyclic amines) is 1. The molecule has 1 amide bonds. The van der Waals surface area contributed by atoms with Crippen LogP contribution in [0, 0.1) is 5.82 Å². The number of benzene rings is 3. The normalized spacial score (nSPS) is 20.1. The summed E-state index contributed by atoms with van der Waals surface area (Å²) in [5.74, 6) is -1.97. The maximum atomic E-state index is 14.0. The number of hydrogen-bond acceptors (Lipinski definition) is 3. The fourth-order valence-electron chi connectivity index (χ4n) is 5.79. The molecule has 1 fully saturated rings. The summed E-state index contributed by atoms with van der Waals surface area (Å²) in [6.07, 6.45) is 3.77. The molecule has 2 aliphatic rings. The van der Waals surface area contributed by atoms with E-state index in [1.807, 2.05) is 66.7 Å². The number of halogens is 1. The number of rotatable bonds is 5. The molecule has 0 saturated carbocycles. The van der Waals surface area contributed by atoms with Crippen molar-refractivity contribution in [2.45, 2.75) is 50.1 Å². The lowest BCUT2D eigenvalue weighted by atomic mass is 9.87. The van der Waals surface area contributed by atoms with Crippen molar-refractivity contribution in [3.63, 3.8) is 0 Å². The molecule has 2 aliphatic heterocycles. The maximum Gasteiger partial charge on any atom is 0.326 e. The zero-order valence-electron chi connectivity index (χ0n) is 20.2. The number of carboxylic acids is 1. The Morgan fingerprint density at radius 1 is 0.889 bits per heavy atom. The van der Waals surface area contributed by atoms with Crippen LogP contribution in [0.15, 0.2) is 78.9 Å². The first kappa shape index (κ1) is 24.0. The van der Waals surface area contributed by atoms with Crippen molar-refractivity contribution in [1.29, 1.82) is 0 Å². The maximum absolute atomic E-state index is 14.0. The van der Waals surface area contributed by atoms with Crippen LogP contribution in [-0.4, -0.2) is 47.1 Å². The second-order valence-electron chi connectivity index (χ2n) is 9.74. The lowest BCUT2D eigenvalue weighted by Gasteiger charge is -2.44. The summed E-state index contributed by atoms with van der Waals surface area (Å²) in [7, 11) is 0. The Kier molecular flexibility index (Phi) is 7.03. The van der Waals surface area contributed by atoms with Crippen molar-refractivity contribution in [2.75, 3.05) is 18.0 Å². The van der Waals surface area contributed by atoms with Gasteiger partial charge in [0.15, 0.2) is 0 Å². The fourth-order valence-corrected chi connectivity index (χ4v) is 5.79. The van der Waals surface area contributed by atoms with Gasteiger partial charge in [-0.15, -0.1) is 0 Å². The van der Waals surface area contributed by atoms with E-state index in [0.29, 0.717) is 19.4 Å². The van der Waals surface area contributed by atoms with E-state index >= 15 is 0 Å². The number of carboxylic acid groups (broad SMARTS) is 1. The minimum atomic E-state index is -0.984. The number of amides is 1. The Morgan fingerprint density at radius 2 is 1.56 bits per heavy atom. The van der Waals surface area contributed by atoms with Crippen LogP contribution in [0.4, 0.5) is 10.1 Å². The third kappa shape index (κ3) is 4.85. The topological polar surface area (TPSA) is 60.9 Å². The molecule has 0 unspecified atom stereocenters. The number of carbonyl (C=O) groups is 2. The summed E-state index contributed by atoms with van der Waals surface area (Å²) in [5.41, 5.74) is 3.67. The summed E-state index contributed by atoms with van der Waals surface area (Å²) < 4.78 is 13.9. The monoisotopic (exact) mass is 486 g/mol. The molecule has 2 heterocycles. The number of carbonyl (C=O) groups excluding carboxylic acids is 1. The van der Waals surface area contributed by atoms with E-state index in [1.54, 1.807) is 11.0 Å². The van der Waals surface area contributed by atoms with E-state index in [4.69, 9.17) is 0 Å². The standard InChI is InChI=1S/C30H31FN2O3/c31-24-14-15-26-23(19-24)13-7-8-17-32(26)25-16-18-33(27(20-25)30(35)36)29(34)28(21-9-3-1-4-10-21)22-11-5-2-6-12-22/h1-6,9-12,14-15,19,25,27-28H,7-8,13,16-18,20H2,(H,35,36)/t25-,27+/m1/s1. The van der Waals surface area contributed by atoms with E-state index in [-0.39, 0.29) is 17.8 Å². The third-order valence-electron chi connectivity index (χ3n) is 7.54. The molecule has 186 valence electrons. The van der Waals surface area contributed by atoms with Crippen molar-refractivity contribution in [3.05, 3.63) is 101 Å². The van der Waals surface area contributed by atoms with Crippen LogP contribution in [0.3, 0.4) is 0 Å². The van der Waals surface area contributed by atoms with Crippen LogP contribution in [0.25, 0.3) is 0 Å². The minimum Gasteiger partial charge on any atom is -0.480 e. The van der Waals surface area contributed by atoms with Gasteiger partial charge in [0.1, 0.15) is 11.9 Å². The number of aliphatic carboxylic acids is 1. The molecule has 0 bridgehead atoms. The smallest absolute Gasteiger partial charge is 0.326 e. The molecular formula is C30H31FN2O3. The molecule has 0 radical (unpaired) electrons. The minimum absolute atomic E-state index is 0.0237. The van der Waals surface area contributed by atoms with E-state index in [1.165, 1.54) is 6.07 Å². The molecule has 0 aliphatic carbocycles. The SMILES string of the molecule is O=C(O)[C@@H]1C[C@H](N2CCCCc3cc(F)ccc32)CCN1C(=O)C(c1ccccc1)c1ccccc1. The molecule has 0 spiro atoms. The van der Waals surface area contributed by atoms with Crippen LogP contribution in [0.2, 0.25) is 0 Å². The summed E-state index contributed by atoms with van der Waals surface area (Å²) in [5, 5.41) is 10.2. The second kappa shape index (κ2) is 10.5. The van der Waals surface area contributed by atoms with Crippen LogP contribution in [-0.2, 0) is 16.0 Å². The predicted octanol–water partition coefficient (Wildman–Crippen LogP) is 5.24. The van der Waals surface area contributed by atoms with Gasteiger partial charge >= 0.3 is 5.97 Å². The molecule has 5 rings (SSSR count). The Morgan fingerprint density at radius 3 is 2.19 bits per heavy atom. The zero-order chi connectivity index (χ0) is 25.1. The van der Waals surface area contributed by atoms with Crippen LogP contribution in [0.1, 0.15) is 48.3 Å². The molecule has 6 heteroatoms. The predicted molar refractivity (Wildman–Crippen MR) is 138 cm³/mol. The highest BCUT2D eigenvalue weighted by molar-refractivity contribution is 5.91. The Bertz CT molecular complexity index is 1180. The number of piperidine rings is 1. The number of anilines is 1. The molecule has 0 aromatic heterocycles. The first-order valence-electron chi connectivity index (χ1n) is 12.7. The molecule has 3 aromatic rings. The Labute approximate surface area is 211 Å². The zero-order valence-corrected chi connectivity index (χ0v) is 20.2. The number of fused-ring (bicyclic) bond motifs is 1. The van der Waals surface area contributed by atoms with E-state index in [2.05, 4.69) is 4.90 Å². The molecular weight excluding hydrogens is 455 g/mol. The second-order valence-corrected chi connectivity index (χ2v) is 9.74. The molecule has 1 saturated heterocycles. The average Bonchev–Trinajstić information content (AvgIpc) is 3.11. The van der Waals surface area contributed by atoms with Gasteiger partial charge in [0.05, 0.1) is 5.92 Å². The van der Waals surface area contributed by atoms with E-state index in [0.717, 1.165) is 48.2 Å². The quantitative estimate of drug-likeness (QED) is 0.536. The largest absolute Gasteiger partial charge is 0.480 e. The van der Waals surface area contributed by atoms with Crippen molar-refractivity contribution in [3.8, 4) is 0 Å². The van der Waals surface area contributed by atoms with E-state index in [9.17, 15) is 19.1 Å². The van der Waals surface area contributed by atoms with Gasteiger partial charge in [-0.2, -0.15) is 0 Å². The molecule has 5 nitrogen and oxygen atoms in total. The lowest BCUT2D eigenvalue weighted by molar-refractivity contribution is -0.152. The van der Waals surface area contributed by atoms with Crippen LogP contribution in [0.5, 0.6) is 0 Å². The molecule has 36 heavy (non-hydrogen) atoms. The van der Waals surface area contributed by atoms with Gasteiger partial charge in [-0.25, -0.2) is 9.18 Å². The highest BCUT2D eigenvalue weighted by Crippen LogP contribution is 2.35. The Balaban J connectivity index is 1.43. The molecule has 3 aromatic carbocycles. The lowest BCUT2D eigenvalue weighted by Crippen LogP contribution is -2.56.